The lowest BCUT2D eigenvalue weighted by molar-refractivity contribution is -0.137. The number of hydrogen-bond acceptors (Lipinski definition) is 0. The maximum absolute atomic E-state index is 15.0. The highest BCUT2D eigenvalue weighted by Gasteiger charge is 2.30. The summed E-state index contributed by atoms with van der Waals surface area (Å²) in [7, 11) is 0. The van der Waals surface area contributed by atoms with Crippen LogP contribution in [-0.2, 0) is 6.18 Å². The molecule has 0 saturated carbocycles. The van der Waals surface area contributed by atoms with Crippen molar-refractivity contribution in [1.82, 2.24) is 0 Å². The highest BCUT2D eigenvalue weighted by Crippen LogP contribution is 2.47. The molecule has 0 atom stereocenters. The van der Waals surface area contributed by atoms with Gasteiger partial charge in [-0.15, -0.1) is 0 Å². The number of fused-ring (bicyclic) bond motifs is 3. The molecule has 0 amide bonds. The predicted octanol–water partition coefficient (Wildman–Crippen LogP) is 14.2. The molecular weight excluding hydrogens is 641 g/mol. The number of benzene rings is 10. The van der Waals surface area contributed by atoms with Gasteiger partial charge in [0.15, 0.2) is 0 Å². The molecule has 10 aromatic rings. The topological polar surface area (TPSA) is 0 Å². The first-order valence-electron chi connectivity index (χ1n) is 16.9. The van der Waals surface area contributed by atoms with Gasteiger partial charge >= 0.3 is 6.18 Å². The van der Waals surface area contributed by atoms with E-state index in [0.717, 1.165) is 105 Å². The Bertz CT molecular complexity index is 2880. The minimum absolute atomic E-state index is 0.232. The second kappa shape index (κ2) is 10.9. The van der Waals surface area contributed by atoms with Gasteiger partial charge in [0, 0.05) is 5.39 Å². The van der Waals surface area contributed by atoms with E-state index in [1.807, 2.05) is 30.3 Å². The third kappa shape index (κ3) is 4.53. The Hall–Kier alpha value is -6.26. The average Bonchev–Trinajstić information content (AvgIpc) is 3.16. The zero-order valence-electron chi connectivity index (χ0n) is 27.0. The van der Waals surface area contributed by atoms with Crippen molar-refractivity contribution < 1.29 is 17.6 Å². The molecule has 242 valence electrons. The van der Waals surface area contributed by atoms with Crippen molar-refractivity contribution >= 4 is 64.6 Å². The molecule has 0 fully saturated rings. The third-order valence-electron chi connectivity index (χ3n) is 10.4. The van der Waals surface area contributed by atoms with Gasteiger partial charge in [-0.3, -0.25) is 0 Å². The molecule has 0 spiro atoms. The van der Waals surface area contributed by atoms with Gasteiger partial charge in [-0.25, -0.2) is 4.39 Å². The van der Waals surface area contributed by atoms with Crippen LogP contribution in [0.5, 0.6) is 0 Å². The van der Waals surface area contributed by atoms with Crippen LogP contribution in [0.1, 0.15) is 5.56 Å². The SMILES string of the molecule is Fc1ccc(-c2c3ccccc3c(-c3cc4ccc5cc(-c6ccc(C(F)(F)F)cc6)cc6ccc(c3)c4c56)c3ccccc23)c2ccccc12. The first kappa shape index (κ1) is 29.6. The second-order valence-electron chi connectivity index (χ2n) is 13.3. The van der Waals surface area contributed by atoms with Crippen LogP contribution in [0.25, 0.3) is 98.0 Å². The molecule has 0 bridgehead atoms. The molecule has 10 aromatic carbocycles. The van der Waals surface area contributed by atoms with Crippen LogP contribution in [0.2, 0.25) is 0 Å². The van der Waals surface area contributed by atoms with Crippen LogP contribution in [0.4, 0.5) is 17.6 Å². The summed E-state index contributed by atoms with van der Waals surface area (Å²) in [5.74, 6) is -0.232. The maximum atomic E-state index is 15.0. The van der Waals surface area contributed by atoms with E-state index in [9.17, 15) is 13.2 Å². The van der Waals surface area contributed by atoms with Gasteiger partial charge in [-0.1, -0.05) is 115 Å². The van der Waals surface area contributed by atoms with E-state index < -0.39 is 11.7 Å². The standard InChI is InChI=1S/C47H26F4/c48-42-22-21-41(35-7-1-2-8-36(35)42)46-39-11-5-3-9-37(39)45(38-10-4-6-12-40(38)46)33-25-30-15-13-28-23-32(27-17-19-34(20-18-27)47(49,50)51)24-29-14-16-31(26-33)44(30)43(28)29/h1-26H. The van der Waals surface area contributed by atoms with E-state index in [1.54, 1.807) is 18.2 Å². The summed E-state index contributed by atoms with van der Waals surface area (Å²) in [5, 5.41) is 12.5. The lowest BCUT2D eigenvalue weighted by Gasteiger charge is -2.20. The fraction of sp³-hybridized carbons (Fsp3) is 0.0213. The van der Waals surface area contributed by atoms with Gasteiger partial charge in [-0.05, 0) is 135 Å². The minimum Gasteiger partial charge on any atom is -0.206 e. The monoisotopic (exact) mass is 666 g/mol. The summed E-state index contributed by atoms with van der Waals surface area (Å²) in [4.78, 5) is 0. The van der Waals surface area contributed by atoms with E-state index in [0.29, 0.717) is 5.39 Å². The second-order valence-corrected chi connectivity index (χ2v) is 13.3. The molecule has 0 radical (unpaired) electrons. The normalized spacial score (nSPS) is 12.3. The van der Waals surface area contributed by atoms with Crippen molar-refractivity contribution in [3.05, 3.63) is 169 Å². The van der Waals surface area contributed by atoms with E-state index in [4.69, 9.17) is 0 Å². The molecule has 0 aromatic heterocycles. The summed E-state index contributed by atoms with van der Waals surface area (Å²) in [6, 6.07) is 50.7. The molecule has 4 heteroatoms. The van der Waals surface area contributed by atoms with Crippen LogP contribution in [0.15, 0.2) is 158 Å². The zero-order chi connectivity index (χ0) is 34.4. The van der Waals surface area contributed by atoms with Crippen LogP contribution in [0, 0.1) is 5.82 Å². The Labute approximate surface area is 290 Å². The first-order chi connectivity index (χ1) is 24.8. The zero-order valence-corrected chi connectivity index (χ0v) is 27.0. The molecule has 0 aliphatic heterocycles. The lowest BCUT2D eigenvalue weighted by atomic mass is 9.83. The molecule has 0 aliphatic carbocycles. The fourth-order valence-electron chi connectivity index (χ4n) is 8.21. The van der Waals surface area contributed by atoms with Gasteiger partial charge in [0.2, 0.25) is 0 Å². The molecule has 0 aliphatic rings. The van der Waals surface area contributed by atoms with Crippen LogP contribution < -0.4 is 0 Å². The smallest absolute Gasteiger partial charge is 0.206 e. The van der Waals surface area contributed by atoms with E-state index in [-0.39, 0.29) is 5.82 Å². The average molecular weight is 667 g/mol. The third-order valence-corrected chi connectivity index (χ3v) is 10.4. The molecule has 0 unspecified atom stereocenters. The van der Waals surface area contributed by atoms with Crippen molar-refractivity contribution in [2.75, 3.05) is 0 Å². The van der Waals surface area contributed by atoms with Crippen molar-refractivity contribution in [1.29, 1.82) is 0 Å². The molecule has 0 heterocycles. The molecule has 0 nitrogen and oxygen atoms in total. The summed E-state index contributed by atoms with van der Waals surface area (Å²) < 4.78 is 54.7. The van der Waals surface area contributed by atoms with E-state index in [2.05, 4.69) is 97.1 Å². The molecule has 0 saturated heterocycles. The van der Waals surface area contributed by atoms with Gasteiger partial charge in [0.25, 0.3) is 0 Å². The minimum atomic E-state index is -4.37. The van der Waals surface area contributed by atoms with E-state index in [1.165, 1.54) is 0 Å². The van der Waals surface area contributed by atoms with Crippen LogP contribution >= 0.6 is 0 Å². The Morgan fingerprint density at radius 3 is 1.27 bits per heavy atom. The molecule has 10 rings (SSSR count). The molecular formula is C47H26F4. The van der Waals surface area contributed by atoms with Crippen molar-refractivity contribution in [2.24, 2.45) is 0 Å². The van der Waals surface area contributed by atoms with Crippen LogP contribution in [-0.4, -0.2) is 0 Å². The Kier molecular flexibility index (Phi) is 6.32. The number of rotatable bonds is 3. The lowest BCUT2D eigenvalue weighted by Crippen LogP contribution is -2.03. The number of alkyl halides is 3. The van der Waals surface area contributed by atoms with E-state index >= 15 is 4.39 Å². The molecule has 51 heavy (non-hydrogen) atoms. The quantitative estimate of drug-likeness (QED) is 0.100. The Morgan fingerprint density at radius 1 is 0.353 bits per heavy atom. The highest BCUT2D eigenvalue weighted by atomic mass is 19.4. The van der Waals surface area contributed by atoms with Crippen LogP contribution in [0.3, 0.4) is 0 Å². The van der Waals surface area contributed by atoms with Crippen molar-refractivity contribution in [3.63, 3.8) is 0 Å². The first-order valence-corrected chi connectivity index (χ1v) is 16.9. The fourth-order valence-corrected chi connectivity index (χ4v) is 8.21. The Morgan fingerprint density at radius 2 is 0.784 bits per heavy atom. The molecule has 0 N–H and O–H groups in total. The summed E-state index contributed by atoms with van der Waals surface area (Å²) in [5.41, 5.74) is 5.30. The van der Waals surface area contributed by atoms with Gasteiger partial charge in [-0.2, -0.15) is 13.2 Å². The van der Waals surface area contributed by atoms with Gasteiger partial charge in [0.1, 0.15) is 5.82 Å². The summed E-state index contributed by atoms with van der Waals surface area (Å²) in [6.45, 7) is 0. The number of halogens is 4. The summed E-state index contributed by atoms with van der Waals surface area (Å²) in [6.07, 6.45) is -4.37. The van der Waals surface area contributed by atoms with Crippen molar-refractivity contribution in [3.8, 4) is 33.4 Å². The Balaban J connectivity index is 1.20. The predicted molar refractivity (Wildman–Crippen MR) is 204 cm³/mol. The van der Waals surface area contributed by atoms with Crippen molar-refractivity contribution in [2.45, 2.75) is 6.18 Å². The largest absolute Gasteiger partial charge is 0.416 e. The number of hydrogen-bond donors (Lipinski definition) is 0. The summed E-state index contributed by atoms with van der Waals surface area (Å²) >= 11 is 0. The highest BCUT2D eigenvalue weighted by molar-refractivity contribution is 6.27. The van der Waals surface area contributed by atoms with Gasteiger partial charge in [0.05, 0.1) is 5.56 Å². The van der Waals surface area contributed by atoms with Gasteiger partial charge < -0.3 is 0 Å². The maximum Gasteiger partial charge on any atom is 0.416 e.